The first-order chi connectivity index (χ1) is 22.8. The topological polar surface area (TPSA) is 304 Å². The van der Waals surface area contributed by atoms with Crippen LogP contribution in [-0.2, 0) is 51.5 Å². The number of aliphatic hydroxyl groups is 1. The summed E-state index contributed by atoms with van der Waals surface area (Å²) < 4.78 is 33.4. The fraction of sp³-hybridized carbons (Fsp3) is 0.462. The van der Waals surface area contributed by atoms with E-state index in [0.29, 0.717) is 0 Å². The van der Waals surface area contributed by atoms with Gasteiger partial charge in [-0.1, -0.05) is 0 Å². The number of hydrogen-bond donors (Lipinski definition) is 5. The predicted octanol–water partition coefficient (Wildman–Crippen LogP) is -1.44. The average Bonchev–Trinajstić information content (AvgIpc) is 3.61. The van der Waals surface area contributed by atoms with Crippen LogP contribution in [0.1, 0.15) is 27.7 Å². The molecule has 1 unspecified atom stereocenters. The van der Waals surface area contributed by atoms with E-state index >= 15 is 0 Å². The number of nitrogens with zero attached hydrogens (tertiary/aromatic N) is 6. The number of rotatable bonds is 14. The summed E-state index contributed by atoms with van der Waals surface area (Å²) in [6, 6.07) is -0.155. The van der Waals surface area contributed by atoms with Crippen LogP contribution in [0.4, 0.5) is 5.95 Å². The second kappa shape index (κ2) is 17.3. The van der Waals surface area contributed by atoms with E-state index in [0.717, 1.165) is 0 Å². The smallest absolute Gasteiger partial charge is 0.305 e. The maximum atomic E-state index is 12.0. The molecule has 0 amide bonds. The molecule has 0 saturated heterocycles. The normalized spacial score (nSPS) is 11.5. The molecular weight excluding hydrogens is 644 g/mol. The van der Waals surface area contributed by atoms with Crippen LogP contribution < -0.4 is 21.6 Å². The highest BCUT2D eigenvalue weighted by Crippen LogP contribution is 2.11. The molecule has 0 aliphatic rings. The highest BCUT2D eigenvalue weighted by molar-refractivity contribution is 5.73. The molecule has 6 N–H and O–H groups in total. The van der Waals surface area contributed by atoms with Crippen molar-refractivity contribution in [1.29, 1.82) is 5.41 Å². The monoisotopic (exact) mass is 678 g/mol. The predicted molar refractivity (Wildman–Crippen MR) is 161 cm³/mol. The van der Waals surface area contributed by atoms with Crippen LogP contribution in [0.3, 0.4) is 0 Å². The van der Waals surface area contributed by atoms with Gasteiger partial charge in [0.1, 0.15) is 45.5 Å². The largest absolute Gasteiger partial charge is 0.463 e. The lowest BCUT2D eigenvalue weighted by molar-refractivity contribution is -0.154. The number of nitrogens with one attached hydrogen (secondary N) is 3. The van der Waals surface area contributed by atoms with Crippen LogP contribution in [-0.4, -0.2) is 107 Å². The van der Waals surface area contributed by atoms with Crippen molar-refractivity contribution in [3.05, 3.63) is 33.4 Å². The zero-order valence-corrected chi connectivity index (χ0v) is 26.3. The Morgan fingerprint density at radius 1 is 0.812 bits per heavy atom. The number of aliphatic hydroxyl groups excluding tert-OH is 1. The van der Waals surface area contributed by atoms with Gasteiger partial charge in [-0.2, -0.15) is 9.97 Å². The molecule has 4 aromatic heterocycles. The van der Waals surface area contributed by atoms with E-state index in [4.69, 9.17) is 44.7 Å². The van der Waals surface area contributed by atoms with Crippen LogP contribution >= 0.6 is 0 Å². The molecule has 0 bridgehead atoms. The van der Waals surface area contributed by atoms with E-state index in [-0.39, 0.29) is 80.1 Å². The number of aromatic amines is 2. The number of fused-ring (bicyclic) bond motifs is 2. The standard InChI is InChI=1S/C15H19N5O7.C11H15N5O5/c1-8(16)27-15-18-13-12(14(23)19-15)17-6-20(13)7-26-11(4-24-9(2)21)5-25-10(3)22;1-6(18)20-3-7(2-17)21-5-16-4-13-8-9(16)14-11(12)15-10(8)19/h6,11,16H,4-5,7H2,1-3H3,(H,18,19,23);4,7,17H,2-3,5H2,1H3,(H3,12,14,15,19). The summed E-state index contributed by atoms with van der Waals surface area (Å²) in [6.07, 6.45) is 1.29. The molecule has 4 aromatic rings. The number of ether oxygens (including phenoxy) is 6. The van der Waals surface area contributed by atoms with Crippen LogP contribution in [0.2, 0.25) is 0 Å². The second-order valence-electron chi connectivity index (χ2n) is 9.68. The molecule has 48 heavy (non-hydrogen) atoms. The highest BCUT2D eigenvalue weighted by atomic mass is 16.6. The van der Waals surface area contributed by atoms with Gasteiger partial charge >= 0.3 is 23.9 Å². The number of esters is 3. The Bertz CT molecular complexity index is 1850. The number of carbonyl (C=O) groups is 3. The maximum Gasteiger partial charge on any atom is 0.305 e. The van der Waals surface area contributed by atoms with Crippen molar-refractivity contribution in [2.45, 2.75) is 53.4 Å². The molecule has 4 heterocycles. The summed E-state index contributed by atoms with van der Waals surface area (Å²) in [5.74, 6) is -1.66. The number of anilines is 1. The Morgan fingerprint density at radius 3 is 1.75 bits per heavy atom. The van der Waals surface area contributed by atoms with Crippen molar-refractivity contribution in [3.63, 3.8) is 0 Å². The van der Waals surface area contributed by atoms with Gasteiger partial charge < -0.3 is 39.3 Å². The van der Waals surface area contributed by atoms with E-state index < -0.39 is 41.2 Å². The third kappa shape index (κ3) is 11.0. The number of aromatic nitrogens is 8. The Hall–Kier alpha value is -5.74. The van der Waals surface area contributed by atoms with Gasteiger partial charge in [-0.25, -0.2) is 9.97 Å². The number of nitrogens with two attached hydrogens (primary N) is 1. The van der Waals surface area contributed by atoms with Crippen molar-refractivity contribution < 1.29 is 47.9 Å². The fourth-order valence-corrected chi connectivity index (χ4v) is 3.59. The summed E-state index contributed by atoms with van der Waals surface area (Å²) in [5.41, 5.74) is 5.12. The molecule has 0 aliphatic carbocycles. The molecular formula is C26H34N10O12. The summed E-state index contributed by atoms with van der Waals surface area (Å²) in [4.78, 5) is 76.9. The van der Waals surface area contributed by atoms with Crippen LogP contribution in [0, 0.1) is 5.41 Å². The van der Waals surface area contributed by atoms with Crippen molar-refractivity contribution >= 4 is 52.1 Å². The van der Waals surface area contributed by atoms with Crippen LogP contribution in [0.15, 0.2) is 22.2 Å². The Morgan fingerprint density at radius 2 is 1.27 bits per heavy atom. The van der Waals surface area contributed by atoms with E-state index in [2.05, 4.69) is 29.9 Å². The van der Waals surface area contributed by atoms with Gasteiger partial charge in [0.05, 0.1) is 19.3 Å². The number of H-pyrrole nitrogens is 2. The van der Waals surface area contributed by atoms with Crippen molar-refractivity contribution in [3.8, 4) is 6.01 Å². The number of hydrogen-bond acceptors (Lipinski definition) is 18. The summed E-state index contributed by atoms with van der Waals surface area (Å²) in [6.45, 7) is 4.36. The van der Waals surface area contributed by atoms with Crippen molar-refractivity contribution in [2.75, 3.05) is 32.2 Å². The highest BCUT2D eigenvalue weighted by Gasteiger charge is 2.17. The Balaban J connectivity index is 0.000000269. The first kappa shape index (κ1) is 36.7. The lowest BCUT2D eigenvalue weighted by Crippen LogP contribution is -2.28. The average molecular weight is 679 g/mol. The van der Waals surface area contributed by atoms with Gasteiger partial charge in [-0.15, -0.1) is 0 Å². The summed E-state index contributed by atoms with van der Waals surface area (Å²) in [7, 11) is 0. The lowest BCUT2D eigenvalue weighted by Gasteiger charge is -2.17. The minimum atomic E-state index is -0.725. The van der Waals surface area contributed by atoms with Crippen molar-refractivity contribution in [2.24, 2.45) is 0 Å². The molecule has 0 aliphatic heterocycles. The molecule has 22 nitrogen and oxygen atoms in total. The number of imidazole rings is 2. The molecule has 22 heteroatoms. The summed E-state index contributed by atoms with van der Waals surface area (Å²) in [5, 5.41) is 16.4. The number of carbonyl (C=O) groups excluding carboxylic acids is 3. The first-order valence-corrected chi connectivity index (χ1v) is 13.9. The molecule has 0 radical (unpaired) electrons. The molecule has 0 spiro atoms. The third-order valence-corrected chi connectivity index (χ3v) is 5.72. The molecule has 4 rings (SSSR count). The van der Waals surface area contributed by atoms with Gasteiger partial charge in [0, 0.05) is 27.7 Å². The molecule has 1 atom stereocenters. The van der Waals surface area contributed by atoms with Gasteiger partial charge in [0.25, 0.3) is 11.1 Å². The van der Waals surface area contributed by atoms with Gasteiger partial charge in [-0.3, -0.25) is 48.5 Å². The first-order valence-electron chi connectivity index (χ1n) is 13.9. The minimum Gasteiger partial charge on any atom is -0.463 e. The van der Waals surface area contributed by atoms with Gasteiger partial charge in [0.15, 0.2) is 28.2 Å². The molecule has 0 aromatic carbocycles. The quantitative estimate of drug-likeness (QED) is 0.0441. The lowest BCUT2D eigenvalue weighted by atomic mass is 10.4. The van der Waals surface area contributed by atoms with Gasteiger partial charge in [-0.05, 0) is 0 Å². The van der Waals surface area contributed by atoms with Crippen LogP contribution in [0.25, 0.3) is 22.3 Å². The Kier molecular flexibility index (Phi) is 13.2. The van der Waals surface area contributed by atoms with E-state index in [1.807, 2.05) is 0 Å². The van der Waals surface area contributed by atoms with Crippen molar-refractivity contribution in [1.82, 2.24) is 39.0 Å². The van der Waals surface area contributed by atoms with Crippen LogP contribution in [0.5, 0.6) is 6.01 Å². The molecule has 0 saturated carbocycles. The molecule has 260 valence electrons. The van der Waals surface area contributed by atoms with Gasteiger partial charge in [0.2, 0.25) is 5.95 Å². The number of nitrogen functional groups attached to an aromatic ring is 1. The summed E-state index contributed by atoms with van der Waals surface area (Å²) >= 11 is 0. The fourth-order valence-electron chi connectivity index (χ4n) is 3.59. The molecule has 0 fully saturated rings. The third-order valence-electron chi connectivity index (χ3n) is 5.72. The zero-order valence-electron chi connectivity index (χ0n) is 26.3. The zero-order chi connectivity index (χ0) is 35.4. The van der Waals surface area contributed by atoms with E-state index in [1.54, 1.807) is 0 Å². The Labute approximate surface area is 269 Å². The second-order valence-corrected chi connectivity index (χ2v) is 9.68. The van der Waals surface area contributed by atoms with E-state index in [1.165, 1.54) is 49.5 Å². The SMILES string of the molecule is CC(=N)Oc1nc2c(ncn2COC(COC(C)=O)COC(C)=O)c(=O)[nH]1.CC(=O)OCC(CO)OCn1cnc2c(=O)[nH]c(N)nc21. The minimum absolute atomic E-state index is 0.0289. The maximum absolute atomic E-state index is 12.0. The van der Waals surface area contributed by atoms with E-state index in [9.17, 15) is 24.0 Å².